The summed E-state index contributed by atoms with van der Waals surface area (Å²) in [5.41, 5.74) is 6.97. The fraction of sp³-hybridized carbons (Fsp3) is 0.583. The van der Waals surface area contributed by atoms with Gasteiger partial charge in [0.25, 0.3) is 0 Å². The van der Waals surface area contributed by atoms with Crippen molar-refractivity contribution in [3.63, 3.8) is 0 Å². The molecule has 0 bridgehead atoms. The van der Waals surface area contributed by atoms with Crippen molar-refractivity contribution < 1.29 is 5.11 Å². The van der Waals surface area contributed by atoms with Crippen molar-refractivity contribution in [2.24, 2.45) is 11.3 Å². The maximum absolute atomic E-state index is 10.0. The molecule has 0 aliphatic heterocycles. The molecule has 82 valence electrons. The molecule has 1 saturated carbocycles. The smallest absolute Gasteiger partial charge is 0.123 e. The van der Waals surface area contributed by atoms with Gasteiger partial charge in [-0.2, -0.15) is 0 Å². The molecular formula is C12H18N2O. The molecule has 15 heavy (non-hydrogen) atoms. The Labute approximate surface area is 90.3 Å². The molecule has 1 heterocycles. The zero-order valence-electron chi connectivity index (χ0n) is 9.27. The van der Waals surface area contributed by atoms with E-state index in [-0.39, 0.29) is 6.10 Å². The number of hydrogen-bond donors (Lipinski definition) is 2. The van der Waals surface area contributed by atoms with E-state index in [2.05, 4.69) is 18.8 Å². The van der Waals surface area contributed by atoms with Crippen LogP contribution in [0, 0.1) is 11.3 Å². The topological polar surface area (TPSA) is 59.1 Å². The SMILES string of the molecule is CC1(C)CC1C(O)Cc1ccnc(N)c1. The van der Waals surface area contributed by atoms with Crippen LogP contribution in [0.5, 0.6) is 0 Å². The minimum atomic E-state index is -0.248. The van der Waals surface area contributed by atoms with Crippen LogP contribution in [0.2, 0.25) is 0 Å². The second-order valence-electron chi connectivity index (χ2n) is 5.16. The number of hydrogen-bond acceptors (Lipinski definition) is 3. The van der Waals surface area contributed by atoms with Gasteiger partial charge in [-0.15, -0.1) is 0 Å². The molecule has 1 aromatic heterocycles. The molecule has 3 nitrogen and oxygen atoms in total. The van der Waals surface area contributed by atoms with Gasteiger partial charge in [0.1, 0.15) is 5.82 Å². The lowest BCUT2D eigenvalue weighted by atomic mass is 10.0. The Morgan fingerprint density at radius 2 is 2.33 bits per heavy atom. The Kier molecular flexibility index (Phi) is 2.43. The predicted molar refractivity (Wildman–Crippen MR) is 60.2 cm³/mol. The summed E-state index contributed by atoms with van der Waals surface area (Å²) >= 11 is 0. The molecule has 1 aliphatic rings. The van der Waals surface area contributed by atoms with Gasteiger partial charge in [-0.3, -0.25) is 0 Å². The lowest BCUT2D eigenvalue weighted by Gasteiger charge is -2.12. The molecule has 1 aromatic rings. The third-order valence-electron chi connectivity index (χ3n) is 3.34. The summed E-state index contributed by atoms with van der Waals surface area (Å²) in [5.74, 6) is 0.960. The Morgan fingerprint density at radius 3 is 2.87 bits per heavy atom. The van der Waals surface area contributed by atoms with Crippen LogP contribution in [-0.4, -0.2) is 16.2 Å². The molecule has 1 aliphatic carbocycles. The first kappa shape index (κ1) is 10.4. The maximum atomic E-state index is 10.0. The van der Waals surface area contributed by atoms with Crippen molar-refractivity contribution in [1.29, 1.82) is 0 Å². The van der Waals surface area contributed by atoms with Gasteiger partial charge in [-0.25, -0.2) is 4.98 Å². The first-order valence-corrected chi connectivity index (χ1v) is 5.37. The molecule has 0 amide bonds. The van der Waals surface area contributed by atoms with Gasteiger partial charge in [0.15, 0.2) is 0 Å². The van der Waals surface area contributed by atoms with E-state index in [1.807, 2.05) is 12.1 Å². The lowest BCUT2D eigenvalue weighted by Crippen LogP contribution is -2.16. The van der Waals surface area contributed by atoms with E-state index < -0.39 is 0 Å². The Bertz CT molecular complexity index is 362. The van der Waals surface area contributed by atoms with E-state index in [1.165, 1.54) is 0 Å². The number of aliphatic hydroxyl groups is 1. The Morgan fingerprint density at radius 1 is 1.67 bits per heavy atom. The van der Waals surface area contributed by atoms with E-state index >= 15 is 0 Å². The first-order chi connectivity index (χ1) is 6.99. The van der Waals surface area contributed by atoms with E-state index in [1.54, 1.807) is 6.20 Å². The second kappa shape index (κ2) is 3.49. The molecule has 0 radical (unpaired) electrons. The zero-order chi connectivity index (χ0) is 11.1. The molecule has 1 fully saturated rings. The standard InChI is InChI=1S/C12H18N2O/c1-12(2)7-9(12)10(15)5-8-3-4-14-11(13)6-8/h3-4,6,9-10,15H,5,7H2,1-2H3,(H2,13,14). The Balaban J connectivity index is 1.98. The molecule has 0 saturated heterocycles. The number of pyridine rings is 1. The van der Waals surface area contributed by atoms with Crippen molar-refractivity contribution >= 4 is 5.82 Å². The van der Waals surface area contributed by atoms with Gasteiger partial charge in [-0.05, 0) is 41.9 Å². The monoisotopic (exact) mass is 206 g/mol. The fourth-order valence-electron chi connectivity index (χ4n) is 2.17. The molecule has 3 N–H and O–H groups in total. The summed E-state index contributed by atoms with van der Waals surface area (Å²) in [6.07, 6.45) is 3.24. The van der Waals surface area contributed by atoms with Gasteiger partial charge in [0.05, 0.1) is 6.10 Å². The number of nitrogen functional groups attached to an aromatic ring is 1. The van der Waals surface area contributed by atoms with Gasteiger partial charge in [-0.1, -0.05) is 13.8 Å². The van der Waals surface area contributed by atoms with Gasteiger partial charge >= 0.3 is 0 Å². The van der Waals surface area contributed by atoms with Crippen LogP contribution in [-0.2, 0) is 6.42 Å². The highest BCUT2D eigenvalue weighted by Crippen LogP contribution is 2.53. The number of rotatable bonds is 3. The van der Waals surface area contributed by atoms with Gasteiger partial charge < -0.3 is 10.8 Å². The van der Waals surface area contributed by atoms with Crippen molar-refractivity contribution in [3.05, 3.63) is 23.9 Å². The predicted octanol–water partition coefficient (Wildman–Crippen LogP) is 1.61. The maximum Gasteiger partial charge on any atom is 0.123 e. The highest BCUT2D eigenvalue weighted by molar-refractivity contribution is 5.32. The van der Waals surface area contributed by atoms with Crippen LogP contribution in [0.3, 0.4) is 0 Å². The van der Waals surface area contributed by atoms with Crippen molar-refractivity contribution in [2.75, 3.05) is 5.73 Å². The molecular weight excluding hydrogens is 188 g/mol. The van der Waals surface area contributed by atoms with Crippen LogP contribution in [0.25, 0.3) is 0 Å². The zero-order valence-corrected chi connectivity index (χ0v) is 9.27. The Hall–Kier alpha value is -1.09. The third-order valence-corrected chi connectivity index (χ3v) is 3.34. The summed E-state index contributed by atoms with van der Waals surface area (Å²) in [6, 6.07) is 3.74. The summed E-state index contributed by atoms with van der Waals surface area (Å²) < 4.78 is 0. The molecule has 2 atom stereocenters. The van der Waals surface area contributed by atoms with E-state index in [4.69, 9.17) is 5.73 Å². The average Bonchev–Trinajstić information content (AvgIpc) is 2.75. The average molecular weight is 206 g/mol. The quantitative estimate of drug-likeness (QED) is 0.790. The number of aromatic nitrogens is 1. The summed E-state index contributed by atoms with van der Waals surface area (Å²) in [4.78, 5) is 3.93. The molecule has 2 rings (SSSR count). The second-order valence-corrected chi connectivity index (χ2v) is 5.16. The minimum Gasteiger partial charge on any atom is -0.392 e. The van der Waals surface area contributed by atoms with Crippen LogP contribution in [0.1, 0.15) is 25.8 Å². The van der Waals surface area contributed by atoms with Crippen molar-refractivity contribution in [1.82, 2.24) is 4.98 Å². The minimum absolute atomic E-state index is 0.248. The van der Waals surface area contributed by atoms with Crippen molar-refractivity contribution in [2.45, 2.75) is 32.8 Å². The summed E-state index contributed by atoms with van der Waals surface area (Å²) in [7, 11) is 0. The summed E-state index contributed by atoms with van der Waals surface area (Å²) in [6.45, 7) is 4.39. The summed E-state index contributed by atoms with van der Waals surface area (Å²) in [5, 5.41) is 10.0. The van der Waals surface area contributed by atoms with Crippen LogP contribution >= 0.6 is 0 Å². The van der Waals surface area contributed by atoms with Gasteiger partial charge in [0.2, 0.25) is 0 Å². The highest BCUT2D eigenvalue weighted by Gasteiger charge is 2.49. The first-order valence-electron chi connectivity index (χ1n) is 5.37. The normalized spacial score (nSPS) is 24.9. The number of nitrogens with two attached hydrogens (primary N) is 1. The molecule has 2 unspecified atom stereocenters. The number of anilines is 1. The number of aliphatic hydroxyl groups excluding tert-OH is 1. The molecule has 3 heteroatoms. The third kappa shape index (κ3) is 2.29. The largest absolute Gasteiger partial charge is 0.392 e. The highest BCUT2D eigenvalue weighted by atomic mass is 16.3. The van der Waals surface area contributed by atoms with E-state index in [0.29, 0.717) is 23.6 Å². The van der Waals surface area contributed by atoms with Crippen molar-refractivity contribution in [3.8, 4) is 0 Å². The van der Waals surface area contributed by atoms with Crippen LogP contribution in [0.15, 0.2) is 18.3 Å². The lowest BCUT2D eigenvalue weighted by molar-refractivity contribution is 0.137. The van der Waals surface area contributed by atoms with E-state index in [0.717, 1.165) is 12.0 Å². The number of nitrogens with zero attached hydrogens (tertiary/aromatic N) is 1. The fourth-order valence-corrected chi connectivity index (χ4v) is 2.17. The molecule has 0 spiro atoms. The van der Waals surface area contributed by atoms with E-state index in [9.17, 15) is 5.11 Å². The van der Waals surface area contributed by atoms with Crippen LogP contribution < -0.4 is 5.73 Å². The molecule has 0 aromatic carbocycles. The van der Waals surface area contributed by atoms with Crippen LogP contribution in [0.4, 0.5) is 5.82 Å². The van der Waals surface area contributed by atoms with Gasteiger partial charge in [0, 0.05) is 6.20 Å².